The van der Waals surface area contributed by atoms with Crippen molar-refractivity contribution >= 4 is 32.4 Å². The zero-order chi connectivity index (χ0) is 20.3. The molecule has 1 saturated carbocycles. The van der Waals surface area contributed by atoms with Crippen LogP contribution >= 0.6 is 11.3 Å². The van der Waals surface area contributed by atoms with Gasteiger partial charge in [0.15, 0.2) is 5.13 Å². The second-order valence-corrected chi connectivity index (χ2v) is 10.7. The van der Waals surface area contributed by atoms with Crippen LogP contribution in [0, 0.1) is 0 Å². The Morgan fingerprint density at radius 3 is 2.52 bits per heavy atom. The Morgan fingerprint density at radius 1 is 1.07 bits per heavy atom. The maximum absolute atomic E-state index is 12.3. The minimum absolute atomic E-state index is 0.0566. The van der Waals surface area contributed by atoms with Crippen molar-refractivity contribution in [2.45, 2.75) is 75.1 Å². The number of hydrogen-bond acceptors (Lipinski definition) is 5. The molecule has 0 unspecified atom stereocenters. The monoisotopic (exact) mass is 433 g/mol. The van der Waals surface area contributed by atoms with Gasteiger partial charge in [-0.2, -0.15) is 0 Å². The van der Waals surface area contributed by atoms with E-state index in [0.29, 0.717) is 18.0 Å². The van der Waals surface area contributed by atoms with Crippen LogP contribution in [-0.4, -0.2) is 25.4 Å². The summed E-state index contributed by atoms with van der Waals surface area (Å²) >= 11 is 1.61. The molecule has 0 radical (unpaired) electrons. The Morgan fingerprint density at radius 2 is 1.79 bits per heavy atom. The predicted octanol–water partition coefficient (Wildman–Crippen LogP) is 3.81. The van der Waals surface area contributed by atoms with E-state index in [9.17, 15) is 13.2 Å². The third kappa shape index (κ3) is 5.65. The van der Waals surface area contributed by atoms with E-state index < -0.39 is 10.0 Å². The molecule has 2 aliphatic carbocycles. The van der Waals surface area contributed by atoms with Gasteiger partial charge in [-0.1, -0.05) is 25.0 Å². The van der Waals surface area contributed by atoms with E-state index in [1.165, 1.54) is 30.6 Å². The molecule has 1 fully saturated rings. The van der Waals surface area contributed by atoms with Crippen LogP contribution in [0.3, 0.4) is 0 Å². The highest BCUT2D eigenvalue weighted by molar-refractivity contribution is 7.89. The molecular weight excluding hydrogens is 406 g/mol. The first kappa shape index (κ1) is 20.5. The summed E-state index contributed by atoms with van der Waals surface area (Å²) in [6, 6.07) is 6.87. The highest BCUT2D eigenvalue weighted by Crippen LogP contribution is 2.28. The molecule has 1 aromatic heterocycles. The Balaban J connectivity index is 1.30. The fraction of sp³-hybridized carbons (Fsp3) is 0.524. The number of nitrogens with one attached hydrogen (secondary N) is 2. The molecule has 29 heavy (non-hydrogen) atoms. The second kappa shape index (κ2) is 8.93. The van der Waals surface area contributed by atoms with Crippen LogP contribution in [0.4, 0.5) is 5.13 Å². The quantitative estimate of drug-likeness (QED) is 0.695. The lowest BCUT2D eigenvalue weighted by atomic mass is 10.0. The molecule has 2 aromatic rings. The molecule has 8 heteroatoms. The number of aryl methyl sites for hydroxylation is 3. The van der Waals surface area contributed by atoms with Gasteiger partial charge >= 0.3 is 0 Å². The van der Waals surface area contributed by atoms with Crippen molar-refractivity contribution in [3.05, 3.63) is 40.4 Å². The van der Waals surface area contributed by atoms with Gasteiger partial charge in [0, 0.05) is 17.3 Å². The van der Waals surface area contributed by atoms with Gasteiger partial charge in [0.05, 0.1) is 10.6 Å². The van der Waals surface area contributed by atoms with Gasteiger partial charge in [0.1, 0.15) is 0 Å². The van der Waals surface area contributed by atoms with Gasteiger partial charge < -0.3 is 5.32 Å². The SMILES string of the molecule is O=C(CCc1ccc(S(=O)(=O)NC2CC2)cc1)Nc1nc2c(s1)CCCCCC2. The number of hydrogen-bond donors (Lipinski definition) is 2. The van der Waals surface area contributed by atoms with Crippen LogP contribution in [-0.2, 0) is 34.1 Å². The average molecular weight is 434 g/mol. The average Bonchev–Trinajstić information content (AvgIpc) is 3.41. The molecule has 2 N–H and O–H groups in total. The van der Waals surface area contributed by atoms with Crippen molar-refractivity contribution in [2.75, 3.05) is 5.32 Å². The van der Waals surface area contributed by atoms with Crippen molar-refractivity contribution in [1.29, 1.82) is 0 Å². The zero-order valence-corrected chi connectivity index (χ0v) is 18.1. The molecule has 6 nitrogen and oxygen atoms in total. The number of carbonyl (C=O) groups excluding carboxylic acids is 1. The Labute approximate surface area is 176 Å². The highest BCUT2D eigenvalue weighted by Gasteiger charge is 2.27. The highest BCUT2D eigenvalue weighted by atomic mass is 32.2. The smallest absolute Gasteiger partial charge is 0.240 e. The molecule has 156 valence electrons. The van der Waals surface area contributed by atoms with E-state index in [0.717, 1.165) is 36.9 Å². The molecule has 0 bridgehead atoms. The van der Waals surface area contributed by atoms with Gasteiger partial charge in [0.25, 0.3) is 0 Å². The van der Waals surface area contributed by atoms with E-state index >= 15 is 0 Å². The molecule has 0 aliphatic heterocycles. The lowest BCUT2D eigenvalue weighted by Crippen LogP contribution is -2.25. The van der Waals surface area contributed by atoms with Crippen LogP contribution in [0.15, 0.2) is 29.2 Å². The number of benzene rings is 1. The standard InChI is InChI=1S/C21H27N3O3S2/c25-20(23-21-22-18-5-3-1-2-4-6-19(18)28-21)14-9-15-7-12-17(13-8-15)29(26,27)24-16-10-11-16/h7-8,12-13,16,24H,1-6,9-11,14H2,(H,22,23,25). The number of carbonyl (C=O) groups is 1. The van der Waals surface area contributed by atoms with E-state index in [1.54, 1.807) is 35.6 Å². The van der Waals surface area contributed by atoms with E-state index in [2.05, 4.69) is 15.0 Å². The van der Waals surface area contributed by atoms with Gasteiger partial charge in [-0.25, -0.2) is 18.1 Å². The molecule has 4 rings (SSSR count). The third-order valence-electron chi connectivity index (χ3n) is 5.37. The van der Waals surface area contributed by atoms with E-state index in [1.807, 2.05) is 0 Å². The number of anilines is 1. The third-order valence-corrected chi connectivity index (χ3v) is 7.97. The molecule has 0 saturated heterocycles. The van der Waals surface area contributed by atoms with Crippen LogP contribution in [0.5, 0.6) is 0 Å². The predicted molar refractivity (Wildman–Crippen MR) is 115 cm³/mol. The minimum atomic E-state index is -3.43. The number of rotatable bonds is 7. The number of thiazole rings is 1. The summed E-state index contributed by atoms with van der Waals surface area (Å²) < 4.78 is 27.1. The van der Waals surface area contributed by atoms with Gasteiger partial charge in [-0.05, 0) is 62.6 Å². The van der Waals surface area contributed by atoms with Crippen molar-refractivity contribution in [2.24, 2.45) is 0 Å². The second-order valence-electron chi connectivity index (χ2n) is 7.89. The Bertz CT molecular complexity index is 938. The van der Waals surface area contributed by atoms with Crippen LogP contribution in [0.2, 0.25) is 0 Å². The first-order valence-corrected chi connectivity index (χ1v) is 12.7. The number of fused-ring (bicyclic) bond motifs is 1. The zero-order valence-electron chi connectivity index (χ0n) is 16.4. The summed E-state index contributed by atoms with van der Waals surface area (Å²) in [6.45, 7) is 0. The molecule has 1 amide bonds. The van der Waals surface area contributed by atoms with Gasteiger partial charge in [0.2, 0.25) is 15.9 Å². The molecule has 0 atom stereocenters. The topological polar surface area (TPSA) is 88.2 Å². The number of nitrogens with zero attached hydrogens (tertiary/aromatic N) is 1. The summed E-state index contributed by atoms with van der Waals surface area (Å²) in [5, 5.41) is 3.64. The number of sulfonamides is 1. The van der Waals surface area contributed by atoms with Crippen molar-refractivity contribution in [1.82, 2.24) is 9.71 Å². The normalized spacial score (nSPS) is 17.2. The van der Waals surface area contributed by atoms with Crippen LogP contribution in [0.25, 0.3) is 0 Å². The van der Waals surface area contributed by atoms with Gasteiger partial charge in [-0.15, -0.1) is 11.3 Å². The lowest BCUT2D eigenvalue weighted by molar-refractivity contribution is -0.116. The van der Waals surface area contributed by atoms with Crippen molar-refractivity contribution in [3.8, 4) is 0 Å². The van der Waals surface area contributed by atoms with Gasteiger partial charge in [-0.3, -0.25) is 4.79 Å². The fourth-order valence-electron chi connectivity index (χ4n) is 3.52. The van der Waals surface area contributed by atoms with Crippen LogP contribution < -0.4 is 10.0 Å². The first-order chi connectivity index (χ1) is 14.0. The lowest BCUT2D eigenvalue weighted by Gasteiger charge is -2.07. The molecular formula is C21H27N3O3S2. The first-order valence-electron chi connectivity index (χ1n) is 10.4. The molecule has 0 spiro atoms. The summed E-state index contributed by atoms with van der Waals surface area (Å²) in [4.78, 5) is 18.6. The Kier molecular flexibility index (Phi) is 6.32. The molecule has 1 aromatic carbocycles. The summed E-state index contributed by atoms with van der Waals surface area (Å²) in [5.41, 5.74) is 2.10. The summed E-state index contributed by atoms with van der Waals surface area (Å²) in [5.74, 6) is -0.0566. The maximum Gasteiger partial charge on any atom is 0.240 e. The largest absolute Gasteiger partial charge is 0.302 e. The summed E-state index contributed by atoms with van der Waals surface area (Å²) in [6.07, 6.45) is 9.70. The van der Waals surface area contributed by atoms with E-state index in [4.69, 9.17) is 0 Å². The number of amides is 1. The summed E-state index contributed by atoms with van der Waals surface area (Å²) in [7, 11) is -3.43. The minimum Gasteiger partial charge on any atom is -0.302 e. The molecule has 1 heterocycles. The Hall–Kier alpha value is -1.77. The maximum atomic E-state index is 12.3. The molecule has 2 aliphatic rings. The van der Waals surface area contributed by atoms with Crippen LogP contribution in [0.1, 0.15) is 61.1 Å². The fourth-order valence-corrected chi connectivity index (χ4v) is 5.89. The van der Waals surface area contributed by atoms with E-state index in [-0.39, 0.29) is 16.8 Å². The van der Waals surface area contributed by atoms with Crippen molar-refractivity contribution in [3.63, 3.8) is 0 Å². The van der Waals surface area contributed by atoms with Crippen molar-refractivity contribution < 1.29 is 13.2 Å². The number of aromatic nitrogens is 1.